The van der Waals surface area contributed by atoms with Crippen LogP contribution in [-0.2, 0) is 20.9 Å². The van der Waals surface area contributed by atoms with Crippen molar-refractivity contribution < 1.29 is 23.9 Å². The number of benzene rings is 1. The van der Waals surface area contributed by atoms with Gasteiger partial charge in [0.25, 0.3) is 0 Å². The number of methoxy groups -OCH3 is 2. The van der Waals surface area contributed by atoms with E-state index < -0.39 is 11.9 Å². The number of nitrogens with zero attached hydrogens (tertiary/aromatic N) is 1. The zero-order valence-electron chi connectivity index (χ0n) is 12.7. The molecule has 7 nitrogen and oxygen atoms in total. The third-order valence-electron chi connectivity index (χ3n) is 2.96. The van der Waals surface area contributed by atoms with E-state index >= 15 is 0 Å². The molecule has 0 aliphatic heterocycles. The molecule has 0 saturated heterocycles. The largest absolute Gasteiger partial charge is 0.465 e. The number of carbonyl (C=O) groups is 2. The van der Waals surface area contributed by atoms with Crippen LogP contribution in [0.4, 0.5) is 5.82 Å². The monoisotopic (exact) mass is 316 g/mol. The molecule has 7 heteroatoms. The first-order valence-corrected chi connectivity index (χ1v) is 6.74. The highest BCUT2D eigenvalue weighted by atomic mass is 16.6. The molecule has 0 fully saturated rings. The number of pyridine rings is 1. The van der Waals surface area contributed by atoms with Gasteiger partial charge in [-0.15, -0.1) is 0 Å². The highest BCUT2D eigenvalue weighted by molar-refractivity contribution is 5.98. The summed E-state index contributed by atoms with van der Waals surface area (Å²) in [6.45, 7) is 0.280. The molecule has 0 atom stereocenters. The molecule has 0 bridgehead atoms. The Bertz CT molecular complexity index is 688. The Morgan fingerprint density at radius 2 is 1.78 bits per heavy atom. The fraction of sp³-hybridized carbons (Fsp3) is 0.188. The molecule has 23 heavy (non-hydrogen) atoms. The highest BCUT2D eigenvalue weighted by Gasteiger charge is 2.17. The summed E-state index contributed by atoms with van der Waals surface area (Å²) in [5.74, 6) is -1.09. The van der Waals surface area contributed by atoms with E-state index in [1.807, 2.05) is 30.3 Å². The number of carbonyl (C=O) groups excluding carboxylic acids is 2. The Morgan fingerprint density at radius 1 is 1.09 bits per heavy atom. The van der Waals surface area contributed by atoms with Crippen molar-refractivity contribution in [1.82, 2.24) is 4.98 Å². The molecule has 1 aromatic heterocycles. The lowest BCUT2D eigenvalue weighted by Crippen LogP contribution is -2.13. The Labute approximate surface area is 133 Å². The summed E-state index contributed by atoms with van der Waals surface area (Å²) in [7, 11) is 2.48. The predicted molar refractivity (Wildman–Crippen MR) is 81.8 cm³/mol. The maximum absolute atomic E-state index is 11.8. The zero-order chi connectivity index (χ0) is 16.7. The van der Waals surface area contributed by atoms with Crippen LogP contribution in [0.15, 0.2) is 42.6 Å². The van der Waals surface area contributed by atoms with Crippen LogP contribution < -0.4 is 5.48 Å². The van der Waals surface area contributed by atoms with Crippen molar-refractivity contribution in [1.29, 1.82) is 0 Å². The van der Waals surface area contributed by atoms with Gasteiger partial charge in [0.15, 0.2) is 5.82 Å². The number of hydrogen-bond donors (Lipinski definition) is 1. The highest BCUT2D eigenvalue weighted by Crippen LogP contribution is 2.16. The molecule has 1 heterocycles. The molecule has 0 aliphatic rings. The summed E-state index contributed by atoms with van der Waals surface area (Å²) in [6, 6.07) is 10.8. The Kier molecular flexibility index (Phi) is 5.65. The first-order valence-electron chi connectivity index (χ1n) is 6.74. The molecular weight excluding hydrogens is 300 g/mol. The Morgan fingerprint density at radius 3 is 2.43 bits per heavy atom. The van der Waals surface area contributed by atoms with Gasteiger partial charge >= 0.3 is 11.9 Å². The molecule has 2 aromatic rings. The molecule has 0 unspecified atom stereocenters. The van der Waals surface area contributed by atoms with E-state index in [9.17, 15) is 9.59 Å². The molecule has 0 saturated carbocycles. The minimum Gasteiger partial charge on any atom is -0.465 e. The van der Waals surface area contributed by atoms with Crippen LogP contribution in [-0.4, -0.2) is 31.1 Å². The second-order valence-electron chi connectivity index (χ2n) is 4.48. The number of nitrogens with one attached hydrogen (secondary N) is 1. The van der Waals surface area contributed by atoms with Crippen molar-refractivity contribution in [2.24, 2.45) is 0 Å². The predicted octanol–water partition coefficient (Wildman–Crippen LogP) is 2.20. The first kappa shape index (κ1) is 16.4. The third-order valence-corrected chi connectivity index (χ3v) is 2.96. The van der Waals surface area contributed by atoms with Crippen LogP contribution in [0, 0.1) is 0 Å². The second kappa shape index (κ2) is 7.90. The van der Waals surface area contributed by atoms with E-state index in [-0.39, 0.29) is 23.6 Å². The number of ether oxygens (including phenoxy) is 2. The van der Waals surface area contributed by atoms with E-state index in [1.165, 1.54) is 26.5 Å². The minimum atomic E-state index is -0.644. The van der Waals surface area contributed by atoms with Gasteiger partial charge in [0, 0.05) is 6.20 Å². The number of esters is 2. The lowest BCUT2D eigenvalue weighted by Gasteiger charge is -2.11. The van der Waals surface area contributed by atoms with Crippen LogP contribution in [0.3, 0.4) is 0 Å². The van der Waals surface area contributed by atoms with Gasteiger partial charge in [0.05, 0.1) is 26.4 Å². The van der Waals surface area contributed by atoms with Crippen LogP contribution >= 0.6 is 0 Å². The molecule has 0 aliphatic carbocycles. The molecular formula is C16H16N2O5. The van der Waals surface area contributed by atoms with Crippen molar-refractivity contribution in [3.63, 3.8) is 0 Å². The van der Waals surface area contributed by atoms with E-state index in [1.54, 1.807) is 0 Å². The van der Waals surface area contributed by atoms with Crippen molar-refractivity contribution in [3.05, 3.63) is 59.3 Å². The van der Waals surface area contributed by atoms with Crippen LogP contribution in [0.25, 0.3) is 0 Å². The number of aromatic nitrogens is 1. The van der Waals surface area contributed by atoms with Crippen molar-refractivity contribution in [2.75, 3.05) is 19.7 Å². The van der Waals surface area contributed by atoms with Crippen molar-refractivity contribution >= 4 is 17.8 Å². The average molecular weight is 316 g/mol. The summed E-state index contributed by atoms with van der Waals surface area (Å²) < 4.78 is 9.28. The fourth-order valence-electron chi connectivity index (χ4n) is 1.80. The number of rotatable bonds is 6. The minimum absolute atomic E-state index is 0.0726. The van der Waals surface area contributed by atoms with Gasteiger partial charge in [-0.25, -0.2) is 20.1 Å². The topological polar surface area (TPSA) is 86.8 Å². The Balaban J connectivity index is 2.13. The van der Waals surface area contributed by atoms with Crippen LogP contribution in [0.5, 0.6) is 0 Å². The Hall–Kier alpha value is -2.93. The molecule has 0 spiro atoms. The summed E-state index contributed by atoms with van der Waals surface area (Å²) in [6.07, 6.45) is 1.28. The van der Waals surface area contributed by atoms with E-state index in [0.29, 0.717) is 0 Å². The van der Waals surface area contributed by atoms with Gasteiger partial charge in [0.2, 0.25) is 0 Å². The second-order valence-corrected chi connectivity index (χ2v) is 4.48. The molecule has 1 N–H and O–H groups in total. The normalized spacial score (nSPS) is 10.0. The molecule has 1 aromatic carbocycles. The maximum Gasteiger partial charge on any atom is 0.341 e. The van der Waals surface area contributed by atoms with Gasteiger partial charge < -0.3 is 9.47 Å². The number of anilines is 1. The molecule has 0 amide bonds. The molecule has 120 valence electrons. The smallest absolute Gasteiger partial charge is 0.341 e. The van der Waals surface area contributed by atoms with Gasteiger partial charge in [-0.05, 0) is 11.6 Å². The lowest BCUT2D eigenvalue weighted by molar-refractivity contribution is 0.0597. The SMILES string of the molecule is COC(=O)c1cnc(NOCc2ccccc2)c(C(=O)OC)c1. The number of hydrogen-bond acceptors (Lipinski definition) is 7. The molecule has 0 radical (unpaired) electrons. The van der Waals surface area contributed by atoms with Crippen molar-refractivity contribution in [3.8, 4) is 0 Å². The molecule has 2 rings (SSSR count). The van der Waals surface area contributed by atoms with Gasteiger partial charge in [0.1, 0.15) is 5.56 Å². The van der Waals surface area contributed by atoms with Crippen LogP contribution in [0.1, 0.15) is 26.3 Å². The first-order chi connectivity index (χ1) is 11.2. The maximum atomic E-state index is 11.8. The standard InChI is InChI=1S/C16H16N2O5/c1-21-15(19)12-8-13(16(20)22-2)14(17-9-12)18-23-10-11-6-4-3-5-7-11/h3-9H,10H2,1-2H3,(H,17,18). The average Bonchev–Trinajstić information content (AvgIpc) is 2.61. The van der Waals surface area contributed by atoms with Gasteiger partial charge in [-0.1, -0.05) is 30.3 Å². The summed E-state index contributed by atoms with van der Waals surface area (Å²) >= 11 is 0. The summed E-state index contributed by atoms with van der Waals surface area (Å²) in [5, 5.41) is 0. The van der Waals surface area contributed by atoms with Crippen LogP contribution in [0.2, 0.25) is 0 Å². The zero-order valence-corrected chi connectivity index (χ0v) is 12.7. The van der Waals surface area contributed by atoms with Gasteiger partial charge in [-0.2, -0.15) is 0 Å². The van der Waals surface area contributed by atoms with E-state index in [4.69, 9.17) is 4.84 Å². The summed E-state index contributed by atoms with van der Waals surface area (Å²) in [5.41, 5.74) is 3.76. The summed E-state index contributed by atoms with van der Waals surface area (Å²) in [4.78, 5) is 32.7. The van der Waals surface area contributed by atoms with Crippen molar-refractivity contribution in [2.45, 2.75) is 6.61 Å². The lowest BCUT2D eigenvalue weighted by atomic mass is 10.2. The quantitative estimate of drug-likeness (QED) is 0.645. The fourth-order valence-corrected chi connectivity index (χ4v) is 1.80. The van der Waals surface area contributed by atoms with Gasteiger partial charge in [-0.3, -0.25) is 4.84 Å². The third kappa shape index (κ3) is 4.27. The van der Waals surface area contributed by atoms with E-state index in [0.717, 1.165) is 5.56 Å². The van der Waals surface area contributed by atoms with E-state index in [2.05, 4.69) is 19.9 Å².